The minimum absolute atomic E-state index is 0. The van der Waals surface area contributed by atoms with Gasteiger partial charge in [-0.2, -0.15) is 0 Å². The minimum Gasteiger partial charge on any atom is -0.393 e. The van der Waals surface area contributed by atoms with Gasteiger partial charge >= 0.3 is 0 Å². The van der Waals surface area contributed by atoms with Crippen LogP contribution in [0.5, 0.6) is 0 Å². The van der Waals surface area contributed by atoms with Crippen molar-refractivity contribution in [2.45, 2.75) is 41.3 Å². The number of likely N-dealkylation sites (tertiary alicyclic amines) is 1. The molecule has 4 rings (SSSR count). The lowest BCUT2D eigenvalue weighted by molar-refractivity contribution is 0.0546. The summed E-state index contributed by atoms with van der Waals surface area (Å²) in [5.41, 5.74) is 2.02. The minimum atomic E-state index is -3.79. The lowest BCUT2D eigenvalue weighted by Crippen LogP contribution is -2.40. The first-order valence-electron chi connectivity index (χ1n) is 12.3. The average Bonchev–Trinajstić information content (AvgIpc) is 2.91. The Kier molecular flexibility index (Phi) is 10.7. The zero-order valence-corrected chi connectivity index (χ0v) is 23.2. The van der Waals surface area contributed by atoms with E-state index in [-0.39, 0.29) is 28.1 Å². The van der Waals surface area contributed by atoms with Crippen LogP contribution in [0.15, 0.2) is 82.6 Å². The second kappa shape index (κ2) is 13.6. The Hall–Kier alpha value is -2.46. The molecule has 1 aliphatic heterocycles. The van der Waals surface area contributed by atoms with Crippen LogP contribution >= 0.6 is 24.0 Å². The highest BCUT2D eigenvalue weighted by atomic mass is 35.5. The summed E-state index contributed by atoms with van der Waals surface area (Å²) in [5.74, 6) is -0.229. The number of piperidine rings is 1. The van der Waals surface area contributed by atoms with Gasteiger partial charge in [0.15, 0.2) is 0 Å². The van der Waals surface area contributed by atoms with Crippen molar-refractivity contribution in [3.63, 3.8) is 0 Å². The van der Waals surface area contributed by atoms with E-state index in [9.17, 15) is 23.4 Å². The molecule has 3 aromatic rings. The van der Waals surface area contributed by atoms with Gasteiger partial charge in [0.25, 0.3) is 5.91 Å². The van der Waals surface area contributed by atoms with Gasteiger partial charge in [-0.1, -0.05) is 41.9 Å². The Morgan fingerprint density at radius 2 is 1.68 bits per heavy atom. The fraction of sp³-hybridized carbons (Fsp3) is 0.321. The number of halogens is 2. The highest BCUT2D eigenvalue weighted by Crippen LogP contribution is 2.24. The SMILES string of the molecule is Cl.O=C(c1cccc(S(=O)(=O)c2ccc(CCNC[C@@H](O)c3cccc(Cl)c3)cc2)c1)N1CCC(O)CC1. The summed E-state index contributed by atoms with van der Waals surface area (Å²) in [4.78, 5) is 14.7. The molecule has 1 saturated heterocycles. The molecule has 3 aromatic carbocycles. The fourth-order valence-corrected chi connectivity index (χ4v) is 5.83. The van der Waals surface area contributed by atoms with Crippen LogP contribution in [0.2, 0.25) is 5.02 Å². The van der Waals surface area contributed by atoms with Gasteiger partial charge in [0.2, 0.25) is 9.84 Å². The van der Waals surface area contributed by atoms with Crippen molar-refractivity contribution in [3.8, 4) is 0 Å². The quantitative estimate of drug-likeness (QED) is 0.330. The van der Waals surface area contributed by atoms with Crippen molar-refractivity contribution in [1.29, 1.82) is 0 Å². The first-order valence-corrected chi connectivity index (χ1v) is 14.2. The van der Waals surface area contributed by atoms with Crippen LogP contribution in [0, 0.1) is 0 Å². The van der Waals surface area contributed by atoms with Crippen molar-refractivity contribution in [2.24, 2.45) is 0 Å². The normalized spacial score (nSPS) is 15.1. The first-order chi connectivity index (χ1) is 17.7. The number of carbonyl (C=O) groups is 1. The van der Waals surface area contributed by atoms with E-state index in [1.54, 1.807) is 59.5 Å². The largest absolute Gasteiger partial charge is 0.393 e. The zero-order valence-electron chi connectivity index (χ0n) is 20.8. The number of amides is 1. The van der Waals surface area contributed by atoms with E-state index < -0.39 is 22.0 Å². The number of sulfone groups is 1. The van der Waals surface area contributed by atoms with Crippen LogP contribution in [-0.4, -0.2) is 61.7 Å². The maximum Gasteiger partial charge on any atom is 0.253 e. The van der Waals surface area contributed by atoms with Crippen molar-refractivity contribution in [2.75, 3.05) is 26.2 Å². The van der Waals surface area contributed by atoms with E-state index >= 15 is 0 Å². The van der Waals surface area contributed by atoms with Crippen molar-refractivity contribution in [1.82, 2.24) is 10.2 Å². The number of rotatable bonds is 9. The number of aliphatic hydroxyl groups is 2. The summed E-state index contributed by atoms with van der Waals surface area (Å²) < 4.78 is 26.5. The monoisotopic (exact) mass is 578 g/mol. The highest BCUT2D eigenvalue weighted by Gasteiger charge is 2.24. The van der Waals surface area contributed by atoms with Crippen molar-refractivity contribution in [3.05, 3.63) is 94.5 Å². The van der Waals surface area contributed by atoms with Gasteiger partial charge < -0.3 is 20.4 Å². The lowest BCUT2D eigenvalue weighted by atomic mass is 10.1. The van der Waals surface area contributed by atoms with Gasteiger partial charge in [0.1, 0.15) is 0 Å². The van der Waals surface area contributed by atoms with E-state index in [1.165, 1.54) is 12.1 Å². The van der Waals surface area contributed by atoms with Crippen molar-refractivity contribution < 1.29 is 23.4 Å². The van der Waals surface area contributed by atoms with Gasteiger partial charge in [-0.15, -0.1) is 12.4 Å². The van der Waals surface area contributed by atoms with Gasteiger partial charge in [-0.05, 0) is 79.4 Å². The number of hydrogen-bond donors (Lipinski definition) is 3. The molecule has 1 amide bonds. The standard InChI is InChI=1S/C28H31ClN2O5S.ClH/c29-23-5-1-3-21(17-23)27(33)19-30-14-11-20-7-9-25(10-8-20)37(35,36)26-6-2-4-22(18-26)28(34)31-15-12-24(32)13-16-31;/h1-10,17-18,24,27,30,32-33H,11-16,19H2;1H/t27-;/m1./s1. The molecule has 0 aliphatic carbocycles. The van der Waals surface area contributed by atoms with E-state index in [1.807, 2.05) is 6.07 Å². The molecule has 38 heavy (non-hydrogen) atoms. The molecule has 1 fully saturated rings. The maximum absolute atomic E-state index is 13.2. The van der Waals surface area contributed by atoms with Crippen LogP contribution < -0.4 is 5.32 Å². The summed E-state index contributed by atoms with van der Waals surface area (Å²) in [6, 6.07) is 19.9. The molecule has 204 valence electrons. The maximum atomic E-state index is 13.2. The number of nitrogens with zero attached hydrogens (tertiary/aromatic N) is 1. The lowest BCUT2D eigenvalue weighted by Gasteiger charge is -2.29. The zero-order chi connectivity index (χ0) is 26.4. The molecule has 0 saturated carbocycles. The molecule has 1 heterocycles. The van der Waals surface area contributed by atoms with Crippen LogP contribution in [0.1, 0.15) is 40.4 Å². The topological polar surface area (TPSA) is 107 Å². The Labute approximate surface area is 234 Å². The third-order valence-corrected chi connectivity index (χ3v) is 8.54. The van der Waals surface area contributed by atoms with E-state index in [0.717, 1.165) is 11.1 Å². The van der Waals surface area contributed by atoms with Gasteiger partial charge in [-0.25, -0.2) is 8.42 Å². The molecular weight excluding hydrogens is 547 g/mol. The summed E-state index contributed by atoms with van der Waals surface area (Å²) >= 11 is 5.97. The molecule has 0 spiro atoms. The van der Waals surface area contributed by atoms with E-state index in [0.29, 0.717) is 56.0 Å². The molecule has 0 aromatic heterocycles. The molecule has 1 atom stereocenters. The predicted octanol–water partition coefficient (Wildman–Crippen LogP) is 4.06. The first kappa shape index (κ1) is 30.1. The van der Waals surface area contributed by atoms with Gasteiger partial charge in [0.05, 0.1) is 22.0 Å². The summed E-state index contributed by atoms with van der Waals surface area (Å²) in [6.07, 6.45) is 0.643. The smallest absolute Gasteiger partial charge is 0.253 e. The number of benzene rings is 3. The fourth-order valence-electron chi connectivity index (χ4n) is 4.32. The van der Waals surface area contributed by atoms with Gasteiger partial charge in [-0.3, -0.25) is 4.79 Å². The Balaban J connectivity index is 0.00000400. The molecule has 7 nitrogen and oxygen atoms in total. The van der Waals surface area contributed by atoms with Crippen LogP contribution in [-0.2, 0) is 16.3 Å². The third-order valence-electron chi connectivity index (χ3n) is 6.54. The van der Waals surface area contributed by atoms with Crippen LogP contribution in [0.3, 0.4) is 0 Å². The summed E-state index contributed by atoms with van der Waals surface area (Å²) in [5, 5.41) is 23.8. The molecular formula is C28H32Cl2N2O5S. The van der Waals surface area contributed by atoms with E-state index in [2.05, 4.69) is 5.32 Å². The highest BCUT2D eigenvalue weighted by molar-refractivity contribution is 7.91. The molecule has 0 bridgehead atoms. The summed E-state index contributed by atoms with van der Waals surface area (Å²) in [7, 11) is -3.79. The molecule has 1 aliphatic rings. The Bertz CT molecular complexity index is 1330. The average molecular weight is 580 g/mol. The van der Waals surface area contributed by atoms with Crippen LogP contribution in [0.25, 0.3) is 0 Å². The summed E-state index contributed by atoms with van der Waals surface area (Å²) in [6.45, 7) is 1.89. The molecule has 0 radical (unpaired) electrons. The number of aliphatic hydroxyl groups excluding tert-OH is 2. The van der Waals surface area contributed by atoms with Crippen molar-refractivity contribution >= 4 is 39.8 Å². The number of nitrogens with one attached hydrogen (secondary N) is 1. The third kappa shape index (κ3) is 7.56. The molecule has 3 N–H and O–H groups in total. The Morgan fingerprint density at radius 3 is 2.37 bits per heavy atom. The molecule has 0 unspecified atom stereocenters. The second-order valence-electron chi connectivity index (χ2n) is 9.22. The molecule has 10 heteroatoms. The predicted molar refractivity (Wildman–Crippen MR) is 150 cm³/mol. The number of hydrogen-bond acceptors (Lipinski definition) is 6. The second-order valence-corrected chi connectivity index (χ2v) is 11.6. The van der Waals surface area contributed by atoms with Crippen LogP contribution in [0.4, 0.5) is 0 Å². The van der Waals surface area contributed by atoms with Gasteiger partial charge in [0, 0.05) is 30.2 Å². The Morgan fingerprint density at radius 1 is 1.00 bits per heavy atom. The van der Waals surface area contributed by atoms with E-state index in [4.69, 9.17) is 11.6 Å². The number of carbonyl (C=O) groups excluding carboxylic acids is 1.